The van der Waals surface area contributed by atoms with Crippen LogP contribution in [0.3, 0.4) is 0 Å². The van der Waals surface area contributed by atoms with Gasteiger partial charge in [-0.2, -0.15) is 0 Å². The average Bonchev–Trinajstić information content (AvgIpc) is 2.18. The van der Waals surface area contributed by atoms with Crippen LogP contribution in [0.5, 0.6) is 0 Å². The van der Waals surface area contributed by atoms with Crippen molar-refractivity contribution >= 4 is 0 Å². The number of unbranched alkanes of at least 4 members (excludes halogenated alkanes) is 1. The van der Waals surface area contributed by atoms with E-state index in [1.165, 1.54) is 19.5 Å². The molecule has 84 valence electrons. The maximum Gasteiger partial charge on any atom is 0.0431 e. The second-order valence-corrected chi connectivity index (χ2v) is 4.39. The molecule has 2 atom stereocenters. The van der Waals surface area contributed by atoms with Crippen LogP contribution in [0, 0.1) is 5.92 Å². The van der Waals surface area contributed by atoms with E-state index in [-0.39, 0.29) is 0 Å². The Labute approximate surface area is 87.5 Å². The van der Waals surface area contributed by atoms with Gasteiger partial charge in [0.25, 0.3) is 0 Å². The van der Waals surface area contributed by atoms with Gasteiger partial charge in [-0.1, -0.05) is 6.92 Å². The number of piperidine rings is 1. The van der Waals surface area contributed by atoms with E-state index in [2.05, 4.69) is 24.2 Å². The molecule has 0 aromatic rings. The number of aliphatic hydroxyl groups is 1. The highest BCUT2D eigenvalue weighted by molar-refractivity contribution is 4.81. The molecule has 1 heterocycles. The Balaban J connectivity index is 2.18. The van der Waals surface area contributed by atoms with E-state index in [9.17, 15) is 0 Å². The third kappa shape index (κ3) is 3.56. The second kappa shape index (κ2) is 6.38. The van der Waals surface area contributed by atoms with Gasteiger partial charge in [0.15, 0.2) is 0 Å². The van der Waals surface area contributed by atoms with Gasteiger partial charge in [0.2, 0.25) is 0 Å². The number of nitrogens with zero attached hydrogens (tertiary/aromatic N) is 1. The third-order valence-electron chi connectivity index (χ3n) is 3.24. The van der Waals surface area contributed by atoms with Gasteiger partial charge in [-0.15, -0.1) is 0 Å². The van der Waals surface area contributed by atoms with E-state index >= 15 is 0 Å². The smallest absolute Gasteiger partial charge is 0.0431 e. The zero-order chi connectivity index (χ0) is 10.4. The Morgan fingerprint density at radius 1 is 1.43 bits per heavy atom. The Morgan fingerprint density at radius 2 is 2.21 bits per heavy atom. The molecule has 0 aliphatic carbocycles. The fourth-order valence-electron chi connectivity index (χ4n) is 2.31. The van der Waals surface area contributed by atoms with E-state index in [1.807, 2.05) is 0 Å². The summed E-state index contributed by atoms with van der Waals surface area (Å²) in [4.78, 5) is 2.52. The van der Waals surface area contributed by atoms with Crippen molar-refractivity contribution < 1.29 is 5.11 Å². The highest BCUT2D eigenvalue weighted by Crippen LogP contribution is 2.16. The number of rotatable bonds is 5. The maximum atomic E-state index is 8.70. The van der Waals surface area contributed by atoms with Crippen molar-refractivity contribution in [2.75, 3.05) is 33.3 Å². The fraction of sp³-hybridized carbons (Fsp3) is 1.00. The molecule has 1 rings (SSSR count). The van der Waals surface area contributed by atoms with Crippen molar-refractivity contribution in [3.63, 3.8) is 0 Å². The van der Waals surface area contributed by atoms with Crippen LogP contribution in [-0.4, -0.2) is 49.3 Å². The third-order valence-corrected chi connectivity index (χ3v) is 3.24. The van der Waals surface area contributed by atoms with Crippen LogP contribution in [0.25, 0.3) is 0 Å². The van der Waals surface area contributed by atoms with Crippen molar-refractivity contribution in [3.8, 4) is 0 Å². The largest absolute Gasteiger partial charge is 0.396 e. The summed E-state index contributed by atoms with van der Waals surface area (Å²) < 4.78 is 0. The standard InChI is InChI=1S/C11H24N2O/c1-10-9-13(6-3-4-8-14)7-5-11(10)12-2/h10-12,14H,3-9H2,1-2H3. The summed E-state index contributed by atoms with van der Waals surface area (Å²) in [7, 11) is 2.06. The van der Waals surface area contributed by atoms with Crippen LogP contribution in [0.15, 0.2) is 0 Å². The number of aliphatic hydroxyl groups excluding tert-OH is 1. The molecule has 3 nitrogen and oxygen atoms in total. The molecule has 0 bridgehead atoms. The molecule has 1 aliphatic rings. The van der Waals surface area contributed by atoms with Crippen molar-refractivity contribution in [1.82, 2.24) is 10.2 Å². The maximum absolute atomic E-state index is 8.70. The monoisotopic (exact) mass is 200 g/mol. The summed E-state index contributed by atoms with van der Waals surface area (Å²) in [6.07, 6.45) is 3.34. The summed E-state index contributed by atoms with van der Waals surface area (Å²) in [5.41, 5.74) is 0. The van der Waals surface area contributed by atoms with Gasteiger partial charge in [-0.3, -0.25) is 0 Å². The molecule has 0 spiro atoms. The van der Waals surface area contributed by atoms with Crippen LogP contribution in [-0.2, 0) is 0 Å². The summed E-state index contributed by atoms with van der Waals surface area (Å²) >= 11 is 0. The van der Waals surface area contributed by atoms with Gasteiger partial charge < -0.3 is 15.3 Å². The fourth-order valence-corrected chi connectivity index (χ4v) is 2.31. The zero-order valence-corrected chi connectivity index (χ0v) is 9.50. The van der Waals surface area contributed by atoms with Crippen LogP contribution in [0.1, 0.15) is 26.2 Å². The molecule has 14 heavy (non-hydrogen) atoms. The van der Waals surface area contributed by atoms with Gasteiger partial charge in [0.05, 0.1) is 0 Å². The Hall–Kier alpha value is -0.120. The summed E-state index contributed by atoms with van der Waals surface area (Å²) in [5, 5.41) is 12.1. The first-order valence-electron chi connectivity index (χ1n) is 5.78. The molecular weight excluding hydrogens is 176 g/mol. The molecular formula is C11H24N2O. The Morgan fingerprint density at radius 3 is 2.79 bits per heavy atom. The van der Waals surface area contributed by atoms with Crippen LogP contribution >= 0.6 is 0 Å². The van der Waals surface area contributed by atoms with Gasteiger partial charge in [-0.05, 0) is 45.3 Å². The number of nitrogens with one attached hydrogen (secondary N) is 1. The van der Waals surface area contributed by atoms with E-state index in [0.717, 1.165) is 25.3 Å². The van der Waals surface area contributed by atoms with Gasteiger partial charge in [0.1, 0.15) is 0 Å². The number of likely N-dealkylation sites (tertiary alicyclic amines) is 1. The lowest BCUT2D eigenvalue weighted by atomic mass is 9.94. The lowest BCUT2D eigenvalue weighted by molar-refractivity contribution is 0.146. The minimum atomic E-state index is 0.336. The molecule has 0 aromatic carbocycles. The molecule has 0 saturated carbocycles. The molecule has 1 fully saturated rings. The topological polar surface area (TPSA) is 35.5 Å². The second-order valence-electron chi connectivity index (χ2n) is 4.39. The van der Waals surface area contributed by atoms with Crippen molar-refractivity contribution in [2.24, 2.45) is 5.92 Å². The first-order chi connectivity index (χ1) is 6.77. The number of hydrogen-bond donors (Lipinski definition) is 2. The predicted molar refractivity (Wildman–Crippen MR) is 59.4 cm³/mol. The zero-order valence-electron chi connectivity index (χ0n) is 9.50. The lowest BCUT2D eigenvalue weighted by Gasteiger charge is -2.36. The van der Waals surface area contributed by atoms with Crippen LogP contribution in [0.4, 0.5) is 0 Å². The van der Waals surface area contributed by atoms with Crippen LogP contribution < -0.4 is 5.32 Å². The normalized spacial score (nSPS) is 29.4. The molecule has 2 unspecified atom stereocenters. The first kappa shape index (κ1) is 12.0. The van der Waals surface area contributed by atoms with Crippen molar-refractivity contribution in [3.05, 3.63) is 0 Å². The lowest BCUT2D eigenvalue weighted by Crippen LogP contribution is -2.47. The van der Waals surface area contributed by atoms with E-state index < -0.39 is 0 Å². The van der Waals surface area contributed by atoms with E-state index in [0.29, 0.717) is 12.6 Å². The van der Waals surface area contributed by atoms with Crippen LogP contribution in [0.2, 0.25) is 0 Å². The molecule has 0 amide bonds. The molecule has 1 saturated heterocycles. The van der Waals surface area contributed by atoms with Gasteiger partial charge in [0, 0.05) is 19.2 Å². The molecule has 1 aliphatic heterocycles. The predicted octanol–water partition coefficient (Wildman–Crippen LogP) is 0.689. The SMILES string of the molecule is CNC1CCN(CCCCO)CC1C. The molecule has 0 aromatic heterocycles. The Bertz CT molecular complexity index is 150. The van der Waals surface area contributed by atoms with Crippen molar-refractivity contribution in [2.45, 2.75) is 32.2 Å². The summed E-state index contributed by atoms with van der Waals surface area (Å²) in [6, 6.07) is 0.698. The number of hydrogen-bond acceptors (Lipinski definition) is 3. The first-order valence-corrected chi connectivity index (χ1v) is 5.78. The minimum absolute atomic E-state index is 0.336. The summed E-state index contributed by atoms with van der Waals surface area (Å²) in [6.45, 7) is 6.22. The van der Waals surface area contributed by atoms with E-state index in [4.69, 9.17) is 5.11 Å². The average molecular weight is 200 g/mol. The summed E-state index contributed by atoms with van der Waals surface area (Å²) in [5.74, 6) is 0.753. The Kier molecular flexibility index (Phi) is 5.45. The quantitative estimate of drug-likeness (QED) is 0.641. The molecule has 2 N–H and O–H groups in total. The van der Waals surface area contributed by atoms with E-state index in [1.54, 1.807) is 0 Å². The minimum Gasteiger partial charge on any atom is -0.396 e. The van der Waals surface area contributed by atoms with Gasteiger partial charge >= 0.3 is 0 Å². The molecule has 3 heteroatoms. The highest BCUT2D eigenvalue weighted by atomic mass is 16.2. The molecule has 0 radical (unpaired) electrons. The van der Waals surface area contributed by atoms with Gasteiger partial charge in [-0.25, -0.2) is 0 Å². The highest BCUT2D eigenvalue weighted by Gasteiger charge is 2.23. The van der Waals surface area contributed by atoms with Crippen molar-refractivity contribution in [1.29, 1.82) is 0 Å².